The highest BCUT2D eigenvalue weighted by molar-refractivity contribution is 6.30. The lowest BCUT2D eigenvalue weighted by atomic mass is 10.3. The maximum Gasteiger partial charge on any atom is 0.311 e. The summed E-state index contributed by atoms with van der Waals surface area (Å²) in [6.45, 7) is 0. The van der Waals surface area contributed by atoms with Crippen molar-refractivity contribution in [3.8, 4) is 0 Å². The maximum absolute atomic E-state index is 11.1. The molecule has 0 aliphatic rings. The van der Waals surface area contributed by atoms with Crippen LogP contribution in [0.5, 0.6) is 0 Å². The Labute approximate surface area is 96.8 Å². The van der Waals surface area contributed by atoms with Crippen LogP contribution in [-0.2, 0) is 16.0 Å². The van der Waals surface area contributed by atoms with Crippen molar-refractivity contribution in [2.75, 3.05) is 12.8 Å². The minimum Gasteiger partial charge on any atom is -0.469 e. The van der Waals surface area contributed by atoms with Crippen LogP contribution >= 0.6 is 11.6 Å². The first-order valence-corrected chi connectivity index (χ1v) is 4.98. The Bertz CT molecular complexity index is 550. The highest BCUT2D eigenvalue weighted by Crippen LogP contribution is 2.18. The van der Waals surface area contributed by atoms with Crippen LogP contribution in [-0.4, -0.2) is 22.5 Å². The van der Waals surface area contributed by atoms with Crippen molar-refractivity contribution >= 4 is 29.0 Å². The standard InChI is InChI=1S/C10H10ClN3O2/c1-16-9(15)5-7-10(12)14-3-2-6(11)4-8(14)13-7/h2-4H,5,12H2,1H3. The van der Waals surface area contributed by atoms with E-state index in [1.165, 1.54) is 7.11 Å². The van der Waals surface area contributed by atoms with E-state index < -0.39 is 0 Å². The molecule has 2 N–H and O–H groups in total. The number of rotatable bonds is 2. The summed E-state index contributed by atoms with van der Waals surface area (Å²) in [5, 5.41) is 0.571. The third kappa shape index (κ3) is 1.81. The SMILES string of the molecule is COC(=O)Cc1nc2cc(Cl)ccn2c1N. The lowest BCUT2D eigenvalue weighted by Crippen LogP contribution is -2.07. The zero-order valence-electron chi connectivity index (χ0n) is 8.61. The number of halogens is 1. The first kappa shape index (κ1) is 10.8. The number of nitrogen functional groups attached to an aromatic ring is 1. The van der Waals surface area contributed by atoms with Crippen LogP contribution in [0.3, 0.4) is 0 Å². The van der Waals surface area contributed by atoms with E-state index in [1.807, 2.05) is 0 Å². The molecular formula is C10H10ClN3O2. The van der Waals surface area contributed by atoms with E-state index in [0.29, 0.717) is 22.2 Å². The number of carbonyl (C=O) groups excluding carboxylic acids is 1. The fraction of sp³-hybridized carbons (Fsp3) is 0.200. The number of pyridine rings is 1. The van der Waals surface area contributed by atoms with Gasteiger partial charge in [-0.05, 0) is 6.07 Å². The zero-order valence-corrected chi connectivity index (χ0v) is 9.36. The number of carbonyl (C=O) groups is 1. The van der Waals surface area contributed by atoms with Crippen molar-refractivity contribution in [2.24, 2.45) is 0 Å². The summed E-state index contributed by atoms with van der Waals surface area (Å²) in [6, 6.07) is 3.38. The molecule has 84 valence electrons. The number of aromatic nitrogens is 2. The minimum absolute atomic E-state index is 0.0572. The van der Waals surface area contributed by atoms with Gasteiger partial charge >= 0.3 is 5.97 Å². The van der Waals surface area contributed by atoms with Crippen LogP contribution in [0.4, 0.5) is 5.82 Å². The summed E-state index contributed by atoms with van der Waals surface area (Å²) in [5.41, 5.74) is 6.95. The van der Waals surface area contributed by atoms with E-state index >= 15 is 0 Å². The molecule has 0 atom stereocenters. The van der Waals surface area contributed by atoms with Crippen molar-refractivity contribution in [3.63, 3.8) is 0 Å². The van der Waals surface area contributed by atoms with Crippen LogP contribution in [0, 0.1) is 0 Å². The lowest BCUT2D eigenvalue weighted by molar-refractivity contribution is -0.139. The molecule has 0 aliphatic heterocycles. The Kier molecular flexibility index (Phi) is 2.70. The van der Waals surface area contributed by atoms with Gasteiger partial charge in [-0.25, -0.2) is 4.98 Å². The molecule has 2 rings (SSSR count). The fourth-order valence-corrected chi connectivity index (χ4v) is 1.58. The molecule has 0 aliphatic carbocycles. The second-order valence-electron chi connectivity index (χ2n) is 3.27. The summed E-state index contributed by atoms with van der Waals surface area (Å²) in [6.07, 6.45) is 1.77. The molecule has 2 aromatic rings. The number of nitrogens with two attached hydrogens (primary N) is 1. The van der Waals surface area contributed by atoms with Crippen LogP contribution < -0.4 is 5.73 Å². The molecule has 6 heteroatoms. The molecule has 5 nitrogen and oxygen atoms in total. The fourth-order valence-electron chi connectivity index (χ4n) is 1.43. The largest absolute Gasteiger partial charge is 0.469 e. The summed E-state index contributed by atoms with van der Waals surface area (Å²) in [7, 11) is 1.32. The van der Waals surface area contributed by atoms with Gasteiger partial charge in [-0.2, -0.15) is 0 Å². The summed E-state index contributed by atoms with van der Waals surface area (Å²) < 4.78 is 6.23. The van der Waals surface area contributed by atoms with Crippen molar-refractivity contribution in [2.45, 2.75) is 6.42 Å². The maximum atomic E-state index is 11.1. The number of ether oxygens (including phenoxy) is 1. The first-order chi connectivity index (χ1) is 7.61. The van der Waals surface area contributed by atoms with Crippen LogP contribution in [0.25, 0.3) is 5.65 Å². The quantitative estimate of drug-likeness (QED) is 0.802. The van der Waals surface area contributed by atoms with E-state index in [1.54, 1.807) is 22.7 Å². The van der Waals surface area contributed by atoms with Gasteiger partial charge in [-0.15, -0.1) is 0 Å². The van der Waals surface area contributed by atoms with E-state index in [-0.39, 0.29) is 12.4 Å². The topological polar surface area (TPSA) is 69.6 Å². The van der Waals surface area contributed by atoms with Gasteiger partial charge in [-0.1, -0.05) is 11.6 Å². The Morgan fingerprint density at radius 2 is 2.44 bits per heavy atom. The minimum atomic E-state index is -0.374. The van der Waals surface area contributed by atoms with Crippen LogP contribution in [0.15, 0.2) is 18.3 Å². The number of nitrogens with zero attached hydrogens (tertiary/aromatic N) is 2. The molecule has 2 heterocycles. The molecule has 2 aromatic heterocycles. The molecule has 0 saturated carbocycles. The monoisotopic (exact) mass is 239 g/mol. The Morgan fingerprint density at radius 3 is 3.12 bits per heavy atom. The van der Waals surface area contributed by atoms with Gasteiger partial charge < -0.3 is 10.5 Å². The molecule has 0 unspecified atom stereocenters. The number of esters is 1. The average Bonchev–Trinajstić information content (AvgIpc) is 2.55. The second kappa shape index (κ2) is 4.02. The lowest BCUT2D eigenvalue weighted by Gasteiger charge is -1.98. The van der Waals surface area contributed by atoms with Crippen molar-refractivity contribution in [3.05, 3.63) is 29.0 Å². The predicted molar refractivity (Wildman–Crippen MR) is 60.3 cm³/mol. The van der Waals surface area contributed by atoms with Gasteiger partial charge in [0, 0.05) is 17.3 Å². The summed E-state index contributed by atoms with van der Waals surface area (Å²) in [4.78, 5) is 15.3. The molecular weight excluding hydrogens is 230 g/mol. The Hall–Kier alpha value is -1.75. The van der Waals surface area contributed by atoms with Gasteiger partial charge in [0.1, 0.15) is 11.5 Å². The van der Waals surface area contributed by atoms with Gasteiger partial charge in [0.05, 0.1) is 19.2 Å². The molecule has 0 bridgehead atoms. The number of fused-ring (bicyclic) bond motifs is 1. The van der Waals surface area contributed by atoms with E-state index in [0.717, 1.165) is 0 Å². The summed E-state index contributed by atoms with van der Waals surface area (Å²) >= 11 is 5.83. The third-order valence-electron chi connectivity index (χ3n) is 2.24. The molecule has 0 radical (unpaired) electrons. The van der Waals surface area contributed by atoms with Gasteiger partial charge in [0.15, 0.2) is 0 Å². The Morgan fingerprint density at radius 1 is 1.69 bits per heavy atom. The normalized spacial score (nSPS) is 10.6. The number of hydrogen-bond donors (Lipinski definition) is 1. The van der Waals surface area contributed by atoms with Crippen LogP contribution in [0.2, 0.25) is 5.02 Å². The van der Waals surface area contributed by atoms with E-state index in [9.17, 15) is 4.79 Å². The number of anilines is 1. The Balaban J connectivity index is 2.47. The molecule has 16 heavy (non-hydrogen) atoms. The van der Waals surface area contributed by atoms with Gasteiger partial charge in [0.2, 0.25) is 0 Å². The smallest absolute Gasteiger partial charge is 0.311 e. The van der Waals surface area contributed by atoms with Crippen molar-refractivity contribution in [1.29, 1.82) is 0 Å². The third-order valence-corrected chi connectivity index (χ3v) is 2.48. The second-order valence-corrected chi connectivity index (χ2v) is 3.71. The average molecular weight is 240 g/mol. The van der Waals surface area contributed by atoms with Crippen molar-refractivity contribution in [1.82, 2.24) is 9.38 Å². The van der Waals surface area contributed by atoms with E-state index in [2.05, 4.69) is 9.72 Å². The molecule has 0 saturated heterocycles. The highest BCUT2D eigenvalue weighted by atomic mass is 35.5. The van der Waals surface area contributed by atoms with Crippen LogP contribution in [0.1, 0.15) is 5.69 Å². The van der Waals surface area contributed by atoms with Gasteiger partial charge in [-0.3, -0.25) is 9.20 Å². The first-order valence-electron chi connectivity index (χ1n) is 4.60. The highest BCUT2D eigenvalue weighted by Gasteiger charge is 2.13. The zero-order chi connectivity index (χ0) is 11.7. The van der Waals surface area contributed by atoms with E-state index in [4.69, 9.17) is 17.3 Å². The van der Waals surface area contributed by atoms with Crippen molar-refractivity contribution < 1.29 is 9.53 Å². The molecule has 0 spiro atoms. The molecule has 0 aromatic carbocycles. The summed E-state index contributed by atoms with van der Waals surface area (Å²) in [5.74, 6) is 0.0540. The molecule has 0 amide bonds. The number of hydrogen-bond acceptors (Lipinski definition) is 4. The molecule has 0 fully saturated rings. The van der Waals surface area contributed by atoms with Gasteiger partial charge in [0.25, 0.3) is 0 Å². The number of methoxy groups -OCH3 is 1. The predicted octanol–water partition coefficient (Wildman–Crippen LogP) is 1.29. The number of imidazole rings is 1.